The quantitative estimate of drug-likeness (QED) is 0.842. The van der Waals surface area contributed by atoms with Crippen LogP contribution in [0.4, 0.5) is 5.13 Å². The number of halogens is 2. The second-order valence-corrected chi connectivity index (χ2v) is 4.66. The van der Waals surface area contributed by atoms with Gasteiger partial charge in [0.15, 0.2) is 5.01 Å². The van der Waals surface area contributed by atoms with Crippen LogP contribution in [0.3, 0.4) is 0 Å². The highest BCUT2D eigenvalue weighted by Crippen LogP contribution is 2.24. The molecule has 7 nitrogen and oxygen atoms in total. The molecule has 0 fully saturated rings. The number of nitrogens with zero attached hydrogens (tertiary/aromatic N) is 3. The fraction of sp³-hybridized carbons (Fsp3) is 0.273. The summed E-state index contributed by atoms with van der Waals surface area (Å²) in [6, 6.07) is 4.77. The first-order chi connectivity index (χ1) is 9.20. The van der Waals surface area contributed by atoms with E-state index in [0.717, 1.165) is 0 Å². The van der Waals surface area contributed by atoms with Gasteiger partial charge >= 0.3 is 0 Å². The zero-order chi connectivity index (χ0) is 13.7. The molecule has 0 aromatic carbocycles. The Morgan fingerprint density at radius 1 is 1.43 bits per heavy atom. The molecule has 2 heterocycles. The minimum absolute atomic E-state index is 0. The highest BCUT2D eigenvalue weighted by atomic mass is 35.5. The first-order valence-electron chi connectivity index (χ1n) is 5.51. The Morgan fingerprint density at radius 2 is 2.19 bits per heavy atom. The minimum Gasteiger partial charge on any atom is -0.383 e. The molecule has 1 atom stereocenters. The summed E-state index contributed by atoms with van der Waals surface area (Å²) in [6.07, 6.45) is 1.67. The van der Waals surface area contributed by atoms with Gasteiger partial charge in [-0.25, -0.2) is 0 Å². The SMILES string of the molecule is COCC(N)C(=O)Nc1nnc(-c2ccccn2)s1.Cl.Cl. The largest absolute Gasteiger partial charge is 0.383 e. The van der Waals surface area contributed by atoms with E-state index in [1.807, 2.05) is 18.2 Å². The average Bonchev–Trinajstić information content (AvgIpc) is 2.88. The third-order valence-electron chi connectivity index (χ3n) is 2.22. The molecule has 0 aliphatic carbocycles. The Hall–Kier alpha value is -1.32. The van der Waals surface area contributed by atoms with Crippen molar-refractivity contribution in [2.24, 2.45) is 5.73 Å². The van der Waals surface area contributed by atoms with Gasteiger partial charge in [0.1, 0.15) is 11.7 Å². The number of ether oxygens (including phenoxy) is 1. The van der Waals surface area contributed by atoms with Crippen LogP contribution in [0, 0.1) is 0 Å². The van der Waals surface area contributed by atoms with Gasteiger partial charge in [-0.05, 0) is 12.1 Å². The maximum atomic E-state index is 11.7. The summed E-state index contributed by atoms with van der Waals surface area (Å²) in [4.78, 5) is 15.8. The van der Waals surface area contributed by atoms with Crippen molar-refractivity contribution in [2.45, 2.75) is 6.04 Å². The van der Waals surface area contributed by atoms with Crippen LogP contribution in [0.15, 0.2) is 24.4 Å². The fourth-order valence-corrected chi connectivity index (χ4v) is 2.04. The second kappa shape index (κ2) is 9.59. The van der Waals surface area contributed by atoms with Crippen molar-refractivity contribution in [3.63, 3.8) is 0 Å². The second-order valence-electron chi connectivity index (χ2n) is 3.68. The Morgan fingerprint density at radius 3 is 2.81 bits per heavy atom. The lowest BCUT2D eigenvalue weighted by Gasteiger charge is -2.08. The number of hydrogen-bond donors (Lipinski definition) is 2. The number of methoxy groups -OCH3 is 1. The van der Waals surface area contributed by atoms with Crippen molar-refractivity contribution in [2.75, 3.05) is 19.0 Å². The average molecular weight is 352 g/mol. The summed E-state index contributed by atoms with van der Waals surface area (Å²) < 4.78 is 4.81. The standard InChI is InChI=1S/C11H13N5O2S.2ClH/c1-18-6-7(12)9(17)14-11-16-15-10(19-11)8-4-2-3-5-13-8;;/h2-5,7H,6,12H2,1H3,(H,14,16,17);2*1H. The molecule has 0 aliphatic rings. The maximum absolute atomic E-state index is 11.7. The van der Waals surface area contributed by atoms with Crippen LogP contribution in [0.1, 0.15) is 0 Å². The summed E-state index contributed by atoms with van der Waals surface area (Å²) in [5.41, 5.74) is 6.31. The number of anilines is 1. The Bertz CT molecular complexity index is 555. The predicted molar refractivity (Wildman–Crippen MR) is 86.1 cm³/mol. The van der Waals surface area contributed by atoms with Gasteiger partial charge in [0.05, 0.1) is 6.61 Å². The smallest absolute Gasteiger partial charge is 0.245 e. The summed E-state index contributed by atoms with van der Waals surface area (Å²) in [6.45, 7) is 0.151. The molecule has 21 heavy (non-hydrogen) atoms. The number of carbonyl (C=O) groups is 1. The van der Waals surface area contributed by atoms with Gasteiger partial charge in [-0.15, -0.1) is 35.0 Å². The van der Waals surface area contributed by atoms with E-state index in [1.165, 1.54) is 18.4 Å². The Labute approximate surface area is 138 Å². The highest BCUT2D eigenvalue weighted by Gasteiger charge is 2.16. The molecule has 116 valence electrons. The maximum Gasteiger partial charge on any atom is 0.245 e. The molecule has 0 saturated carbocycles. The topological polar surface area (TPSA) is 103 Å². The molecular weight excluding hydrogens is 337 g/mol. The van der Waals surface area contributed by atoms with Crippen molar-refractivity contribution >= 4 is 47.2 Å². The first-order valence-corrected chi connectivity index (χ1v) is 6.32. The first kappa shape index (κ1) is 19.7. The lowest BCUT2D eigenvalue weighted by molar-refractivity contribution is -0.118. The predicted octanol–water partition coefficient (Wildman–Crippen LogP) is 1.36. The van der Waals surface area contributed by atoms with Crippen LogP contribution in [0.25, 0.3) is 10.7 Å². The normalized spacial score (nSPS) is 11.0. The van der Waals surface area contributed by atoms with Gasteiger partial charge in [0.25, 0.3) is 0 Å². The molecule has 2 rings (SSSR count). The van der Waals surface area contributed by atoms with Gasteiger partial charge in [0, 0.05) is 13.3 Å². The van der Waals surface area contributed by atoms with Gasteiger partial charge in [-0.2, -0.15) is 0 Å². The fourth-order valence-electron chi connectivity index (χ4n) is 1.32. The molecule has 0 bridgehead atoms. The van der Waals surface area contributed by atoms with Crippen LogP contribution in [-0.2, 0) is 9.53 Å². The molecule has 0 spiro atoms. The van der Waals surface area contributed by atoms with Crippen molar-refractivity contribution in [1.82, 2.24) is 15.2 Å². The molecule has 1 amide bonds. The number of nitrogens with one attached hydrogen (secondary N) is 1. The van der Waals surface area contributed by atoms with E-state index in [9.17, 15) is 4.79 Å². The van der Waals surface area contributed by atoms with Crippen molar-refractivity contribution in [1.29, 1.82) is 0 Å². The lowest BCUT2D eigenvalue weighted by atomic mass is 10.3. The van der Waals surface area contributed by atoms with E-state index in [-0.39, 0.29) is 37.3 Å². The van der Waals surface area contributed by atoms with Crippen LogP contribution in [0.2, 0.25) is 0 Å². The molecular formula is C11H15Cl2N5O2S. The lowest BCUT2D eigenvalue weighted by Crippen LogP contribution is -2.39. The number of carbonyl (C=O) groups excluding carboxylic acids is 1. The highest BCUT2D eigenvalue weighted by molar-refractivity contribution is 7.18. The van der Waals surface area contributed by atoms with Crippen molar-refractivity contribution < 1.29 is 9.53 Å². The van der Waals surface area contributed by atoms with E-state index in [0.29, 0.717) is 15.8 Å². The zero-order valence-electron chi connectivity index (χ0n) is 11.1. The molecule has 0 radical (unpaired) electrons. The van der Waals surface area contributed by atoms with Crippen molar-refractivity contribution in [3.8, 4) is 10.7 Å². The molecule has 2 aromatic heterocycles. The number of rotatable bonds is 5. The van der Waals surface area contributed by atoms with E-state index in [2.05, 4.69) is 20.5 Å². The van der Waals surface area contributed by atoms with Gasteiger partial charge in [-0.3, -0.25) is 15.1 Å². The third kappa shape index (κ3) is 5.52. The van der Waals surface area contributed by atoms with E-state index >= 15 is 0 Å². The molecule has 2 aromatic rings. The zero-order valence-corrected chi connectivity index (χ0v) is 13.5. The molecule has 10 heteroatoms. The number of nitrogens with two attached hydrogens (primary N) is 1. The summed E-state index contributed by atoms with van der Waals surface area (Å²) >= 11 is 1.24. The van der Waals surface area contributed by atoms with Crippen LogP contribution < -0.4 is 11.1 Å². The Balaban J connectivity index is 0.00000200. The van der Waals surface area contributed by atoms with E-state index in [1.54, 1.807) is 6.20 Å². The molecule has 3 N–H and O–H groups in total. The number of hydrogen-bond acceptors (Lipinski definition) is 7. The number of pyridine rings is 1. The van der Waals surface area contributed by atoms with Gasteiger partial charge in [-0.1, -0.05) is 17.4 Å². The molecule has 0 aliphatic heterocycles. The Kier molecular flexibility index (Phi) is 8.98. The van der Waals surface area contributed by atoms with Crippen LogP contribution >= 0.6 is 36.2 Å². The molecule has 1 unspecified atom stereocenters. The van der Waals surface area contributed by atoms with Gasteiger partial charge < -0.3 is 10.5 Å². The van der Waals surface area contributed by atoms with Gasteiger partial charge in [0.2, 0.25) is 11.0 Å². The molecule has 0 saturated heterocycles. The van der Waals surface area contributed by atoms with Crippen molar-refractivity contribution in [3.05, 3.63) is 24.4 Å². The number of aromatic nitrogens is 3. The summed E-state index contributed by atoms with van der Waals surface area (Å²) in [5.74, 6) is -0.356. The summed E-state index contributed by atoms with van der Waals surface area (Å²) in [5, 5.41) is 11.5. The van der Waals surface area contributed by atoms with Crippen LogP contribution in [0.5, 0.6) is 0 Å². The summed E-state index contributed by atoms with van der Waals surface area (Å²) in [7, 11) is 1.48. The van der Waals surface area contributed by atoms with E-state index in [4.69, 9.17) is 10.5 Å². The van der Waals surface area contributed by atoms with Crippen LogP contribution in [-0.4, -0.2) is 40.8 Å². The number of amides is 1. The monoisotopic (exact) mass is 351 g/mol. The van der Waals surface area contributed by atoms with E-state index < -0.39 is 6.04 Å². The third-order valence-corrected chi connectivity index (χ3v) is 3.08. The minimum atomic E-state index is -0.729.